The van der Waals surface area contributed by atoms with E-state index >= 15 is 0 Å². The van der Waals surface area contributed by atoms with Gasteiger partial charge in [-0.15, -0.1) is 0 Å². The van der Waals surface area contributed by atoms with Crippen molar-refractivity contribution in [2.24, 2.45) is 13.0 Å². The van der Waals surface area contributed by atoms with Crippen LogP contribution in [0.5, 0.6) is 0 Å². The summed E-state index contributed by atoms with van der Waals surface area (Å²) in [4.78, 5) is 27.2. The molecular weight excluding hydrogens is 371 g/mol. The Hall–Kier alpha value is -2.64. The number of piperidine rings is 1. The highest BCUT2D eigenvalue weighted by molar-refractivity contribution is 5.99. The zero-order chi connectivity index (χ0) is 20.5. The molecular formula is C20H22F3N3O2. The first-order valence-electron chi connectivity index (χ1n) is 9.24. The third kappa shape index (κ3) is 4.10. The van der Waals surface area contributed by atoms with Crippen LogP contribution in [0.4, 0.5) is 13.2 Å². The molecule has 8 heteroatoms. The Morgan fingerprint density at radius 3 is 2.46 bits per heavy atom. The van der Waals surface area contributed by atoms with Crippen LogP contribution in [-0.4, -0.2) is 39.5 Å². The summed E-state index contributed by atoms with van der Waals surface area (Å²) in [5.74, 6) is -0.835. The van der Waals surface area contributed by atoms with Crippen molar-refractivity contribution in [3.63, 3.8) is 0 Å². The van der Waals surface area contributed by atoms with E-state index in [9.17, 15) is 22.8 Å². The van der Waals surface area contributed by atoms with E-state index in [1.54, 1.807) is 22.7 Å². The number of aromatic nitrogens is 2. The lowest BCUT2D eigenvalue weighted by molar-refractivity contribution is -0.137. The summed E-state index contributed by atoms with van der Waals surface area (Å²) >= 11 is 0. The number of likely N-dealkylation sites (tertiary alicyclic amines) is 1. The molecule has 1 unspecified atom stereocenters. The molecule has 0 saturated carbocycles. The Kier molecular flexibility index (Phi) is 5.58. The summed E-state index contributed by atoms with van der Waals surface area (Å²) in [7, 11) is 1.71. The Balaban J connectivity index is 1.72. The van der Waals surface area contributed by atoms with E-state index in [-0.39, 0.29) is 23.8 Å². The highest BCUT2D eigenvalue weighted by atomic mass is 19.4. The van der Waals surface area contributed by atoms with Crippen molar-refractivity contribution in [1.29, 1.82) is 0 Å². The Labute approximate surface area is 161 Å². The fourth-order valence-corrected chi connectivity index (χ4v) is 3.50. The zero-order valence-electron chi connectivity index (χ0n) is 15.8. The first-order valence-corrected chi connectivity index (χ1v) is 9.24. The van der Waals surface area contributed by atoms with Crippen molar-refractivity contribution in [3.8, 4) is 0 Å². The summed E-state index contributed by atoms with van der Waals surface area (Å²) in [5.41, 5.74) is 0.744. The van der Waals surface area contributed by atoms with E-state index in [1.807, 2.05) is 6.92 Å². The van der Waals surface area contributed by atoms with Gasteiger partial charge in [-0.3, -0.25) is 14.3 Å². The first kappa shape index (κ1) is 20.1. The largest absolute Gasteiger partial charge is 0.416 e. The van der Waals surface area contributed by atoms with Gasteiger partial charge in [-0.2, -0.15) is 18.3 Å². The highest BCUT2D eigenvalue weighted by Gasteiger charge is 2.32. The Morgan fingerprint density at radius 2 is 1.89 bits per heavy atom. The van der Waals surface area contributed by atoms with Gasteiger partial charge in [-0.05, 0) is 37.5 Å². The van der Waals surface area contributed by atoms with E-state index in [0.29, 0.717) is 25.1 Å². The molecule has 0 radical (unpaired) electrons. The molecule has 1 aromatic heterocycles. The summed E-state index contributed by atoms with van der Waals surface area (Å²) in [5, 5.41) is 4.29. The molecule has 1 atom stereocenters. The van der Waals surface area contributed by atoms with E-state index in [0.717, 1.165) is 24.2 Å². The normalized spacial score (nSPS) is 17.6. The minimum absolute atomic E-state index is 0.181. The van der Waals surface area contributed by atoms with E-state index in [2.05, 4.69) is 5.10 Å². The molecule has 0 bridgehead atoms. The first-order chi connectivity index (χ1) is 13.2. The number of rotatable bonds is 4. The van der Waals surface area contributed by atoms with Gasteiger partial charge in [0.1, 0.15) is 5.69 Å². The number of Topliss-reactive ketones (excluding diaryl/α,β-unsaturated/α-hetero) is 1. The molecule has 0 aliphatic carbocycles. The van der Waals surface area contributed by atoms with Gasteiger partial charge in [0.2, 0.25) is 0 Å². The molecule has 2 heterocycles. The summed E-state index contributed by atoms with van der Waals surface area (Å²) in [6.45, 7) is 2.75. The predicted molar refractivity (Wildman–Crippen MR) is 97.0 cm³/mol. The molecule has 1 aliphatic heterocycles. The van der Waals surface area contributed by atoms with Gasteiger partial charge in [0.25, 0.3) is 5.91 Å². The molecule has 1 aromatic carbocycles. The minimum atomic E-state index is -4.43. The summed E-state index contributed by atoms with van der Waals surface area (Å²) < 4.78 is 39.6. The quantitative estimate of drug-likeness (QED) is 0.744. The highest BCUT2D eigenvalue weighted by Crippen LogP contribution is 2.30. The Bertz CT molecular complexity index is 872. The van der Waals surface area contributed by atoms with Gasteiger partial charge in [-0.25, -0.2) is 0 Å². The fraction of sp³-hybridized carbons (Fsp3) is 0.450. The minimum Gasteiger partial charge on any atom is -0.337 e. The number of hydrogen-bond acceptors (Lipinski definition) is 3. The number of carbonyl (C=O) groups excluding carboxylic acids is 2. The van der Waals surface area contributed by atoms with Crippen molar-refractivity contribution in [1.82, 2.24) is 14.7 Å². The second-order valence-electron chi connectivity index (χ2n) is 7.03. The lowest BCUT2D eigenvalue weighted by atomic mass is 9.89. The SMILES string of the molecule is CCc1cc(C(=O)N2CCCC(C(=O)c3ccc(C(F)(F)F)cc3)C2)n(C)n1. The molecule has 1 amide bonds. The fourth-order valence-electron chi connectivity index (χ4n) is 3.50. The number of amides is 1. The maximum Gasteiger partial charge on any atom is 0.416 e. The molecule has 5 nitrogen and oxygen atoms in total. The number of aryl methyl sites for hydroxylation is 2. The van der Waals surface area contributed by atoms with Crippen LogP contribution in [0, 0.1) is 5.92 Å². The van der Waals surface area contributed by atoms with Crippen molar-refractivity contribution >= 4 is 11.7 Å². The molecule has 28 heavy (non-hydrogen) atoms. The topological polar surface area (TPSA) is 55.2 Å². The number of ketones is 1. The van der Waals surface area contributed by atoms with Crippen LogP contribution in [0.1, 0.15) is 51.9 Å². The average molecular weight is 393 g/mol. The van der Waals surface area contributed by atoms with Crippen molar-refractivity contribution < 1.29 is 22.8 Å². The smallest absolute Gasteiger partial charge is 0.337 e. The zero-order valence-corrected chi connectivity index (χ0v) is 15.8. The average Bonchev–Trinajstić information content (AvgIpc) is 3.07. The molecule has 1 saturated heterocycles. The Morgan fingerprint density at radius 1 is 1.21 bits per heavy atom. The van der Waals surface area contributed by atoms with Crippen molar-refractivity contribution in [2.45, 2.75) is 32.4 Å². The monoisotopic (exact) mass is 393 g/mol. The van der Waals surface area contributed by atoms with Crippen LogP contribution in [0.3, 0.4) is 0 Å². The predicted octanol–water partition coefficient (Wildman–Crippen LogP) is 3.74. The van der Waals surface area contributed by atoms with Crippen LogP contribution < -0.4 is 0 Å². The maximum absolute atomic E-state index is 12.8. The van der Waals surface area contributed by atoms with Gasteiger partial charge in [0, 0.05) is 31.6 Å². The maximum atomic E-state index is 12.8. The van der Waals surface area contributed by atoms with E-state index in [4.69, 9.17) is 0 Å². The lowest BCUT2D eigenvalue weighted by Gasteiger charge is -2.32. The number of nitrogens with zero attached hydrogens (tertiary/aromatic N) is 3. The van der Waals surface area contributed by atoms with Gasteiger partial charge in [-0.1, -0.05) is 19.1 Å². The molecule has 0 spiro atoms. The number of benzene rings is 1. The molecule has 3 rings (SSSR count). The number of halogens is 3. The van der Waals surface area contributed by atoms with Crippen LogP contribution >= 0.6 is 0 Å². The molecule has 150 valence electrons. The van der Waals surface area contributed by atoms with Crippen molar-refractivity contribution in [2.75, 3.05) is 13.1 Å². The second kappa shape index (κ2) is 7.77. The van der Waals surface area contributed by atoms with Gasteiger partial charge in [0.05, 0.1) is 11.3 Å². The standard InChI is InChI=1S/C20H22F3N3O2/c1-3-16-11-17(25(2)24-16)19(28)26-10-4-5-14(12-26)18(27)13-6-8-15(9-7-13)20(21,22)23/h6-9,11,14H,3-5,10,12H2,1-2H3. The van der Waals surface area contributed by atoms with Gasteiger partial charge < -0.3 is 4.90 Å². The molecule has 1 fully saturated rings. The van der Waals surface area contributed by atoms with Crippen LogP contribution in [-0.2, 0) is 19.6 Å². The molecule has 1 aliphatic rings. The third-order valence-corrected chi connectivity index (χ3v) is 5.09. The van der Waals surface area contributed by atoms with E-state index in [1.165, 1.54) is 12.1 Å². The van der Waals surface area contributed by atoms with Gasteiger partial charge >= 0.3 is 6.18 Å². The molecule has 2 aromatic rings. The molecule has 0 N–H and O–H groups in total. The number of hydrogen-bond donors (Lipinski definition) is 0. The van der Waals surface area contributed by atoms with Crippen LogP contribution in [0.2, 0.25) is 0 Å². The number of alkyl halides is 3. The van der Waals surface area contributed by atoms with Crippen LogP contribution in [0.15, 0.2) is 30.3 Å². The number of carbonyl (C=O) groups is 2. The summed E-state index contributed by atoms with van der Waals surface area (Å²) in [6, 6.07) is 6.01. The van der Waals surface area contributed by atoms with Crippen LogP contribution in [0.25, 0.3) is 0 Å². The van der Waals surface area contributed by atoms with E-state index < -0.39 is 17.7 Å². The second-order valence-corrected chi connectivity index (χ2v) is 7.03. The lowest BCUT2D eigenvalue weighted by Crippen LogP contribution is -2.43. The van der Waals surface area contributed by atoms with Crippen molar-refractivity contribution in [3.05, 3.63) is 52.8 Å². The third-order valence-electron chi connectivity index (χ3n) is 5.09. The summed E-state index contributed by atoms with van der Waals surface area (Å²) in [6.07, 6.45) is -2.44. The van der Waals surface area contributed by atoms with Gasteiger partial charge in [0.15, 0.2) is 5.78 Å².